The highest BCUT2D eigenvalue weighted by Crippen LogP contribution is 2.36. The minimum atomic E-state index is 0.563. The third kappa shape index (κ3) is 3.67. The van der Waals surface area contributed by atoms with Crippen LogP contribution in [0.4, 0.5) is 11.5 Å². The molecule has 4 heterocycles. The maximum Gasteiger partial charge on any atom is 0.145 e. The van der Waals surface area contributed by atoms with Crippen LogP contribution in [0.1, 0.15) is 25.3 Å². The Morgan fingerprint density at radius 3 is 2.56 bits per heavy atom. The van der Waals surface area contributed by atoms with Crippen molar-refractivity contribution in [2.45, 2.75) is 25.3 Å². The molecule has 0 amide bonds. The number of aromatic nitrogens is 5. The molecule has 7 rings (SSSR count). The van der Waals surface area contributed by atoms with Gasteiger partial charge in [-0.1, -0.05) is 36.4 Å². The number of benzene rings is 2. The van der Waals surface area contributed by atoms with Gasteiger partial charge < -0.3 is 9.88 Å². The predicted molar refractivity (Wildman–Crippen MR) is 144 cm³/mol. The van der Waals surface area contributed by atoms with Crippen LogP contribution in [0.5, 0.6) is 0 Å². The lowest BCUT2D eigenvalue weighted by molar-refractivity contribution is 0.320. The molecular weight excluding hydrogens is 444 g/mol. The van der Waals surface area contributed by atoms with E-state index < -0.39 is 0 Å². The lowest BCUT2D eigenvalue weighted by Crippen LogP contribution is -2.16. The van der Waals surface area contributed by atoms with Gasteiger partial charge >= 0.3 is 0 Å². The van der Waals surface area contributed by atoms with E-state index in [0.717, 1.165) is 56.0 Å². The van der Waals surface area contributed by atoms with Crippen molar-refractivity contribution in [3.05, 3.63) is 97.6 Å². The van der Waals surface area contributed by atoms with Crippen LogP contribution >= 0.6 is 0 Å². The fourth-order valence-electron chi connectivity index (χ4n) is 4.90. The van der Waals surface area contributed by atoms with Gasteiger partial charge in [0.1, 0.15) is 17.8 Å². The summed E-state index contributed by atoms with van der Waals surface area (Å²) in [7, 11) is 0. The van der Waals surface area contributed by atoms with Crippen LogP contribution in [-0.4, -0.2) is 24.5 Å². The third-order valence-corrected chi connectivity index (χ3v) is 7.06. The zero-order valence-electron chi connectivity index (χ0n) is 19.7. The van der Waals surface area contributed by atoms with Crippen LogP contribution in [-0.2, 0) is 0 Å². The Morgan fingerprint density at radius 2 is 1.69 bits per heavy atom. The van der Waals surface area contributed by atoms with Gasteiger partial charge in [0.15, 0.2) is 0 Å². The smallest absolute Gasteiger partial charge is 0.145 e. The molecule has 0 saturated heterocycles. The highest BCUT2D eigenvalue weighted by molar-refractivity contribution is 5.90. The summed E-state index contributed by atoms with van der Waals surface area (Å²) in [5.41, 5.74) is 6.90. The van der Waals surface area contributed by atoms with E-state index >= 15 is 0 Å². The van der Waals surface area contributed by atoms with E-state index in [1.807, 2.05) is 24.3 Å². The lowest BCUT2D eigenvalue weighted by atomic mass is 9.93. The fourth-order valence-corrected chi connectivity index (χ4v) is 4.90. The monoisotopic (exact) mass is 468 g/mol. The Bertz CT molecular complexity index is 1700. The van der Waals surface area contributed by atoms with Crippen molar-refractivity contribution in [3.63, 3.8) is 0 Å². The molecule has 0 aliphatic heterocycles. The van der Waals surface area contributed by atoms with Crippen LogP contribution in [0.3, 0.4) is 0 Å². The van der Waals surface area contributed by atoms with Crippen molar-refractivity contribution in [1.29, 1.82) is 0 Å². The number of pyridine rings is 2. The molecule has 2 aromatic carbocycles. The van der Waals surface area contributed by atoms with Gasteiger partial charge in [-0.2, -0.15) is 0 Å². The summed E-state index contributed by atoms with van der Waals surface area (Å²) in [6, 6.07) is 27.5. The minimum absolute atomic E-state index is 0.563. The summed E-state index contributed by atoms with van der Waals surface area (Å²) in [5, 5.41) is 5.68. The van der Waals surface area contributed by atoms with Crippen LogP contribution in [0.2, 0.25) is 0 Å². The summed E-state index contributed by atoms with van der Waals surface area (Å²) in [5.74, 6) is 0.829. The molecule has 0 spiro atoms. The second-order valence-corrected chi connectivity index (χ2v) is 9.29. The Kier molecular flexibility index (Phi) is 4.94. The standard InChI is InChI=1S/C30H24N6/c1-2-15-31-26(9-1)27-13-12-20-10-11-22(18-28(20)35-27)21-5-3-6-23(17-21)34-29-25-14-16-36(24-7-4-8-24)30(25)33-19-32-29/h1-3,5-6,9-19,24H,4,7-8H2,(H,32,33,34). The van der Waals surface area contributed by atoms with E-state index in [0.29, 0.717) is 6.04 Å². The highest BCUT2D eigenvalue weighted by atomic mass is 15.1. The van der Waals surface area contributed by atoms with E-state index in [9.17, 15) is 0 Å². The van der Waals surface area contributed by atoms with Gasteiger partial charge in [-0.15, -0.1) is 0 Å². The van der Waals surface area contributed by atoms with E-state index in [1.54, 1.807) is 12.5 Å². The van der Waals surface area contributed by atoms with Crippen LogP contribution in [0.15, 0.2) is 97.6 Å². The zero-order chi connectivity index (χ0) is 23.9. The second kappa shape index (κ2) is 8.57. The summed E-state index contributed by atoms with van der Waals surface area (Å²) in [6.07, 6.45) is 9.33. The highest BCUT2D eigenvalue weighted by Gasteiger charge is 2.21. The number of rotatable bonds is 5. The number of fused-ring (bicyclic) bond motifs is 2. The molecule has 174 valence electrons. The quantitative estimate of drug-likeness (QED) is 0.290. The minimum Gasteiger partial charge on any atom is -0.340 e. The van der Waals surface area contributed by atoms with E-state index in [-0.39, 0.29) is 0 Å². The first-order chi connectivity index (χ1) is 17.8. The van der Waals surface area contributed by atoms with Gasteiger partial charge in [-0.3, -0.25) is 4.98 Å². The molecule has 1 saturated carbocycles. The first-order valence-corrected chi connectivity index (χ1v) is 12.3. The van der Waals surface area contributed by atoms with Crippen molar-refractivity contribution < 1.29 is 0 Å². The van der Waals surface area contributed by atoms with E-state index in [1.165, 1.54) is 19.3 Å². The molecule has 36 heavy (non-hydrogen) atoms. The molecule has 0 atom stereocenters. The molecule has 0 unspecified atom stereocenters. The van der Waals surface area contributed by atoms with Crippen molar-refractivity contribution in [3.8, 4) is 22.5 Å². The third-order valence-electron chi connectivity index (χ3n) is 7.06. The average molecular weight is 469 g/mol. The molecule has 1 aliphatic rings. The average Bonchev–Trinajstić information content (AvgIpc) is 3.32. The van der Waals surface area contributed by atoms with Crippen molar-refractivity contribution >= 4 is 33.4 Å². The van der Waals surface area contributed by atoms with Crippen molar-refractivity contribution in [1.82, 2.24) is 24.5 Å². The zero-order valence-corrected chi connectivity index (χ0v) is 19.7. The molecule has 6 nitrogen and oxygen atoms in total. The fraction of sp³-hybridized carbons (Fsp3) is 0.133. The summed E-state index contributed by atoms with van der Waals surface area (Å²) in [6.45, 7) is 0. The van der Waals surface area contributed by atoms with E-state index in [4.69, 9.17) is 4.98 Å². The van der Waals surface area contributed by atoms with Gasteiger partial charge in [-0.25, -0.2) is 15.0 Å². The molecule has 0 bridgehead atoms. The van der Waals surface area contributed by atoms with Gasteiger partial charge in [0, 0.05) is 29.5 Å². The van der Waals surface area contributed by atoms with Gasteiger partial charge in [0.2, 0.25) is 0 Å². The Morgan fingerprint density at radius 1 is 0.778 bits per heavy atom. The van der Waals surface area contributed by atoms with Gasteiger partial charge in [0.25, 0.3) is 0 Å². The number of nitrogens with zero attached hydrogens (tertiary/aromatic N) is 5. The molecule has 1 aliphatic carbocycles. The van der Waals surface area contributed by atoms with Gasteiger partial charge in [-0.05, 0) is 72.9 Å². The maximum atomic E-state index is 4.89. The maximum absolute atomic E-state index is 4.89. The molecule has 4 aromatic heterocycles. The molecule has 1 fully saturated rings. The Hall–Kier alpha value is -4.58. The van der Waals surface area contributed by atoms with Crippen LogP contribution in [0, 0.1) is 0 Å². The summed E-state index contributed by atoms with van der Waals surface area (Å²) >= 11 is 0. The summed E-state index contributed by atoms with van der Waals surface area (Å²) < 4.78 is 2.30. The Labute approximate surface area is 208 Å². The predicted octanol–water partition coefficient (Wildman–Crippen LogP) is 7.18. The largest absolute Gasteiger partial charge is 0.340 e. The van der Waals surface area contributed by atoms with E-state index in [2.05, 4.69) is 85.6 Å². The topological polar surface area (TPSA) is 68.5 Å². The normalized spacial score (nSPS) is 13.7. The molecule has 1 N–H and O–H groups in total. The molecule has 6 aromatic rings. The van der Waals surface area contributed by atoms with Crippen molar-refractivity contribution in [2.24, 2.45) is 0 Å². The first kappa shape index (κ1) is 20.8. The molecule has 0 radical (unpaired) electrons. The summed E-state index contributed by atoms with van der Waals surface area (Å²) in [4.78, 5) is 18.5. The van der Waals surface area contributed by atoms with Crippen molar-refractivity contribution in [2.75, 3.05) is 5.32 Å². The SMILES string of the molecule is c1ccc(-c2ccc3ccc(-c4cccc(Nc5ncnc6c5ccn6C5CCC5)c4)cc3n2)nc1. The first-order valence-electron chi connectivity index (χ1n) is 12.3. The molecule has 6 heteroatoms. The second-order valence-electron chi connectivity index (χ2n) is 9.29. The Balaban J connectivity index is 1.21. The van der Waals surface area contributed by atoms with Crippen LogP contribution < -0.4 is 5.32 Å². The molecular formula is C30H24N6. The van der Waals surface area contributed by atoms with Crippen LogP contribution in [0.25, 0.3) is 44.5 Å². The lowest BCUT2D eigenvalue weighted by Gasteiger charge is -2.27. The number of anilines is 2. The number of hydrogen-bond acceptors (Lipinski definition) is 5. The number of nitrogens with one attached hydrogen (secondary N) is 1. The number of hydrogen-bond donors (Lipinski definition) is 1. The van der Waals surface area contributed by atoms with Gasteiger partial charge in [0.05, 0.1) is 22.3 Å².